The average molecular weight is 293 g/mol. The van der Waals surface area contributed by atoms with Gasteiger partial charge >= 0.3 is 6.03 Å². The molecule has 0 aliphatic carbocycles. The van der Waals surface area contributed by atoms with Crippen molar-refractivity contribution in [3.8, 4) is 11.1 Å². The van der Waals surface area contributed by atoms with E-state index >= 15 is 0 Å². The summed E-state index contributed by atoms with van der Waals surface area (Å²) in [6.45, 7) is -0.508. The minimum atomic E-state index is -0.508. The molecule has 2 aromatic rings. The van der Waals surface area contributed by atoms with Crippen LogP contribution in [0.1, 0.15) is 5.56 Å². The Balaban J connectivity index is 2.45. The molecule has 0 aliphatic rings. The Hall–Kier alpha value is -2.07. The Kier molecular flexibility index (Phi) is 4.58. The summed E-state index contributed by atoms with van der Waals surface area (Å²) in [4.78, 5) is 11.5. The number of rotatable bonds is 3. The van der Waals surface area contributed by atoms with Gasteiger partial charge in [-0.15, -0.1) is 0 Å². The third kappa shape index (κ3) is 3.08. The first-order chi connectivity index (χ1) is 9.65. The second-order valence-electron chi connectivity index (χ2n) is 4.20. The molecule has 0 bridgehead atoms. The van der Waals surface area contributed by atoms with E-state index in [9.17, 15) is 9.18 Å². The molecule has 3 nitrogen and oxygen atoms in total. The van der Waals surface area contributed by atoms with Crippen LogP contribution in [0.3, 0.4) is 0 Å². The van der Waals surface area contributed by atoms with Crippen molar-refractivity contribution in [1.82, 2.24) is 5.32 Å². The number of benzene rings is 2. The van der Waals surface area contributed by atoms with Crippen LogP contribution >= 0.6 is 11.6 Å². The zero-order chi connectivity index (χ0) is 14.5. The molecule has 2 aromatic carbocycles. The van der Waals surface area contributed by atoms with Crippen molar-refractivity contribution < 1.29 is 9.18 Å². The average Bonchev–Trinajstić information content (AvgIpc) is 2.47. The number of carbonyl (C=O) groups is 1. The number of alkyl halides is 1. The van der Waals surface area contributed by atoms with Crippen LogP contribution in [0.25, 0.3) is 11.1 Å². The number of hydrogen-bond donors (Lipinski definition) is 2. The van der Waals surface area contributed by atoms with E-state index in [0.717, 1.165) is 5.56 Å². The second-order valence-corrected chi connectivity index (χ2v) is 4.60. The van der Waals surface area contributed by atoms with Gasteiger partial charge in [0.05, 0.1) is 10.7 Å². The highest BCUT2D eigenvalue weighted by atomic mass is 35.5. The summed E-state index contributed by atoms with van der Waals surface area (Å²) in [6.07, 6.45) is 0. The maximum Gasteiger partial charge on any atom is 0.318 e. The number of amides is 2. The quantitative estimate of drug-likeness (QED) is 0.873. The van der Waals surface area contributed by atoms with Crippen molar-refractivity contribution in [3.63, 3.8) is 0 Å². The molecule has 0 heterocycles. The second kappa shape index (κ2) is 6.39. The predicted octanol–water partition coefficient (Wildman–Crippen LogP) is 4.23. The normalized spacial score (nSPS) is 10.2. The zero-order valence-corrected chi connectivity index (χ0v) is 11.7. The lowest BCUT2D eigenvalue weighted by Crippen LogP contribution is -2.24. The molecule has 0 aromatic heterocycles. The maximum atomic E-state index is 12.5. The van der Waals surface area contributed by atoms with Gasteiger partial charge in [0.25, 0.3) is 0 Å². The van der Waals surface area contributed by atoms with E-state index in [1.807, 2.05) is 0 Å². The van der Waals surface area contributed by atoms with Crippen LogP contribution < -0.4 is 10.6 Å². The van der Waals surface area contributed by atoms with E-state index in [2.05, 4.69) is 10.6 Å². The monoisotopic (exact) mass is 292 g/mol. The van der Waals surface area contributed by atoms with E-state index in [1.54, 1.807) is 42.5 Å². The van der Waals surface area contributed by atoms with Crippen LogP contribution in [0, 0.1) is 0 Å². The minimum Gasteiger partial charge on any atom is -0.341 e. The molecule has 20 heavy (non-hydrogen) atoms. The van der Waals surface area contributed by atoms with Crippen molar-refractivity contribution in [1.29, 1.82) is 0 Å². The Bertz CT molecular complexity index is 614. The van der Waals surface area contributed by atoms with Gasteiger partial charge in [0.15, 0.2) is 0 Å². The number of urea groups is 1. The highest BCUT2D eigenvalue weighted by Crippen LogP contribution is 2.35. The molecular formula is C15H14ClFN2O. The zero-order valence-electron chi connectivity index (χ0n) is 10.9. The van der Waals surface area contributed by atoms with E-state index in [-0.39, 0.29) is 6.03 Å². The summed E-state index contributed by atoms with van der Waals surface area (Å²) in [7, 11) is 1.54. The highest BCUT2D eigenvalue weighted by Gasteiger charge is 2.11. The smallest absolute Gasteiger partial charge is 0.318 e. The fourth-order valence-electron chi connectivity index (χ4n) is 1.87. The molecule has 5 heteroatoms. The molecule has 104 valence electrons. The minimum absolute atomic E-state index is 0.325. The van der Waals surface area contributed by atoms with Crippen molar-refractivity contribution >= 4 is 23.3 Å². The largest absolute Gasteiger partial charge is 0.341 e. The third-order valence-corrected chi connectivity index (χ3v) is 3.20. The summed E-state index contributed by atoms with van der Waals surface area (Å²) in [6, 6.07) is 11.9. The van der Waals surface area contributed by atoms with Crippen LogP contribution in [0.15, 0.2) is 42.5 Å². The first-order valence-electron chi connectivity index (χ1n) is 6.08. The first kappa shape index (κ1) is 14.3. The summed E-state index contributed by atoms with van der Waals surface area (Å²) in [5.41, 5.74) is 2.73. The molecule has 2 rings (SSSR count). The Morgan fingerprint density at radius 2 is 1.90 bits per heavy atom. The van der Waals surface area contributed by atoms with Gasteiger partial charge in [0.2, 0.25) is 0 Å². The molecule has 0 saturated carbocycles. The van der Waals surface area contributed by atoms with Gasteiger partial charge in [-0.1, -0.05) is 41.9 Å². The standard InChI is InChI=1S/C15H14ClFN2O/c1-18-15(20)19-13-4-2-3-12(16)14(13)11-7-5-10(9-17)6-8-11/h2-8H,9H2,1H3,(H2,18,19,20). The summed E-state index contributed by atoms with van der Waals surface area (Å²) in [5.74, 6) is 0. The van der Waals surface area contributed by atoms with Gasteiger partial charge < -0.3 is 10.6 Å². The summed E-state index contributed by atoms with van der Waals surface area (Å²) < 4.78 is 12.5. The highest BCUT2D eigenvalue weighted by molar-refractivity contribution is 6.34. The summed E-state index contributed by atoms with van der Waals surface area (Å²) in [5, 5.41) is 5.73. The SMILES string of the molecule is CNC(=O)Nc1cccc(Cl)c1-c1ccc(CF)cc1. The fraction of sp³-hybridized carbons (Fsp3) is 0.133. The molecular weight excluding hydrogens is 279 g/mol. The molecule has 2 amide bonds. The van der Waals surface area contributed by atoms with Crippen LogP contribution in [0.2, 0.25) is 5.02 Å². The number of carbonyl (C=O) groups excluding carboxylic acids is 1. The Morgan fingerprint density at radius 1 is 1.20 bits per heavy atom. The van der Waals surface area contributed by atoms with Crippen molar-refractivity contribution in [2.45, 2.75) is 6.67 Å². The number of halogens is 2. The number of nitrogens with one attached hydrogen (secondary N) is 2. The topological polar surface area (TPSA) is 41.1 Å². The van der Waals surface area contributed by atoms with Gasteiger partial charge in [0.1, 0.15) is 6.67 Å². The van der Waals surface area contributed by atoms with E-state index in [0.29, 0.717) is 21.8 Å². The molecule has 0 radical (unpaired) electrons. The van der Waals surface area contributed by atoms with Gasteiger partial charge in [-0.05, 0) is 23.3 Å². The Morgan fingerprint density at radius 3 is 2.50 bits per heavy atom. The number of hydrogen-bond acceptors (Lipinski definition) is 1. The Labute approximate surface area is 121 Å². The molecule has 0 fully saturated rings. The fourth-order valence-corrected chi connectivity index (χ4v) is 2.15. The van der Waals surface area contributed by atoms with Crippen LogP contribution in [0.4, 0.5) is 14.9 Å². The molecule has 0 saturated heterocycles. The van der Waals surface area contributed by atoms with Crippen molar-refractivity contribution in [2.75, 3.05) is 12.4 Å². The van der Waals surface area contributed by atoms with Crippen LogP contribution in [-0.2, 0) is 6.67 Å². The maximum absolute atomic E-state index is 12.5. The van der Waals surface area contributed by atoms with E-state index < -0.39 is 6.67 Å². The van der Waals surface area contributed by atoms with Gasteiger partial charge in [-0.2, -0.15) is 0 Å². The third-order valence-electron chi connectivity index (χ3n) is 2.89. The lowest BCUT2D eigenvalue weighted by Gasteiger charge is -2.13. The lowest BCUT2D eigenvalue weighted by molar-refractivity contribution is 0.254. The first-order valence-corrected chi connectivity index (χ1v) is 6.46. The van der Waals surface area contributed by atoms with E-state index in [4.69, 9.17) is 11.6 Å². The summed E-state index contributed by atoms with van der Waals surface area (Å²) >= 11 is 6.22. The van der Waals surface area contributed by atoms with Crippen LogP contribution in [-0.4, -0.2) is 13.1 Å². The molecule has 0 spiro atoms. The van der Waals surface area contributed by atoms with E-state index in [1.165, 1.54) is 7.05 Å². The van der Waals surface area contributed by atoms with Crippen molar-refractivity contribution in [2.24, 2.45) is 0 Å². The molecule has 0 unspecified atom stereocenters. The lowest BCUT2D eigenvalue weighted by atomic mass is 10.0. The number of anilines is 1. The van der Waals surface area contributed by atoms with Crippen LogP contribution in [0.5, 0.6) is 0 Å². The van der Waals surface area contributed by atoms with Crippen molar-refractivity contribution in [3.05, 3.63) is 53.1 Å². The molecule has 0 atom stereocenters. The predicted molar refractivity (Wildman–Crippen MR) is 79.8 cm³/mol. The molecule has 2 N–H and O–H groups in total. The van der Waals surface area contributed by atoms with Gasteiger partial charge in [-0.25, -0.2) is 9.18 Å². The van der Waals surface area contributed by atoms with Gasteiger partial charge in [0, 0.05) is 12.6 Å². The van der Waals surface area contributed by atoms with Gasteiger partial charge in [-0.3, -0.25) is 0 Å². The molecule has 0 aliphatic heterocycles.